The Hall–Kier alpha value is -2.10. The average Bonchev–Trinajstić information content (AvgIpc) is 2.43. The molecule has 0 bridgehead atoms. The topological polar surface area (TPSA) is 47.0 Å². The highest BCUT2D eigenvalue weighted by Gasteiger charge is 2.05. The highest BCUT2D eigenvalue weighted by atomic mass is 16.5. The first-order valence-electron chi connectivity index (χ1n) is 7.33. The molecule has 0 aliphatic carbocycles. The van der Waals surface area contributed by atoms with Gasteiger partial charge in [-0.25, -0.2) is 9.97 Å². The summed E-state index contributed by atoms with van der Waals surface area (Å²) in [5, 5.41) is 3.29. The third-order valence-electron chi connectivity index (χ3n) is 3.05. The number of nitrogens with zero attached hydrogens (tertiary/aromatic N) is 2. The Morgan fingerprint density at radius 3 is 2.67 bits per heavy atom. The van der Waals surface area contributed by atoms with Crippen LogP contribution in [-0.4, -0.2) is 23.1 Å². The number of aromatic nitrogens is 2. The summed E-state index contributed by atoms with van der Waals surface area (Å²) in [5.74, 6) is 2.96. The molecule has 4 nitrogen and oxygen atoms in total. The van der Waals surface area contributed by atoms with Gasteiger partial charge in [0, 0.05) is 17.7 Å². The predicted molar refractivity (Wildman–Crippen MR) is 86.0 cm³/mol. The molecule has 0 fully saturated rings. The van der Waals surface area contributed by atoms with Gasteiger partial charge in [0.1, 0.15) is 24.0 Å². The van der Waals surface area contributed by atoms with Crippen LogP contribution in [0.3, 0.4) is 0 Å². The lowest BCUT2D eigenvalue weighted by Crippen LogP contribution is -2.13. The van der Waals surface area contributed by atoms with E-state index in [0.717, 1.165) is 23.1 Å². The van der Waals surface area contributed by atoms with Crippen LogP contribution in [0.15, 0.2) is 30.3 Å². The standard InChI is InChI=1S/C17H23N3O/c1-12(2)17-19-14(4)11-16(20-17)18-8-9-21-15-7-5-6-13(3)10-15/h5-7,10-12H,8-9H2,1-4H3,(H,18,19,20). The molecular formula is C17H23N3O. The first kappa shape index (κ1) is 15.3. The molecule has 0 aliphatic heterocycles. The van der Waals surface area contributed by atoms with Crippen LogP contribution >= 0.6 is 0 Å². The molecule has 0 atom stereocenters. The van der Waals surface area contributed by atoms with Crippen LogP contribution in [0.2, 0.25) is 0 Å². The minimum Gasteiger partial charge on any atom is -0.492 e. The van der Waals surface area contributed by atoms with E-state index in [2.05, 4.69) is 42.1 Å². The maximum Gasteiger partial charge on any atom is 0.133 e. The van der Waals surface area contributed by atoms with Crippen LogP contribution < -0.4 is 10.1 Å². The van der Waals surface area contributed by atoms with Gasteiger partial charge in [-0.15, -0.1) is 0 Å². The van der Waals surface area contributed by atoms with Gasteiger partial charge in [0.15, 0.2) is 0 Å². The van der Waals surface area contributed by atoms with Crippen LogP contribution in [0.25, 0.3) is 0 Å². The van der Waals surface area contributed by atoms with E-state index in [1.165, 1.54) is 5.56 Å². The molecule has 0 spiro atoms. The molecule has 2 aromatic rings. The van der Waals surface area contributed by atoms with Gasteiger partial charge in [-0.1, -0.05) is 26.0 Å². The molecule has 4 heteroatoms. The summed E-state index contributed by atoms with van der Waals surface area (Å²) in [5.41, 5.74) is 2.18. The van der Waals surface area contributed by atoms with E-state index in [-0.39, 0.29) is 0 Å². The minimum absolute atomic E-state index is 0.328. The largest absolute Gasteiger partial charge is 0.492 e. The molecule has 0 saturated heterocycles. The SMILES string of the molecule is Cc1cccc(OCCNc2cc(C)nc(C(C)C)n2)c1. The lowest BCUT2D eigenvalue weighted by atomic mass is 10.2. The van der Waals surface area contributed by atoms with Crippen LogP contribution in [0.4, 0.5) is 5.82 Å². The third kappa shape index (κ3) is 4.74. The second-order valence-corrected chi connectivity index (χ2v) is 5.50. The number of anilines is 1. The fraction of sp³-hybridized carbons (Fsp3) is 0.412. The average molecular weight is 285 g/mol. The molecule has 21 heavy (non-hydrogen) atoms. The molecule has 1 N–H and O–H groups in total. The summed E-state index contributed by atoms with van der Waals surface area (Å²) in [6.07, 6.45) is 0. The third-order valence-corrected chi connectivity index (χ3v) is 3.05. The van der Waals surface area contributed by atoms with E-state index in [4.69, 9.17) is 4.74 Å². The first-order valence-corrected chi connectivity index (χ1v) is 7.33. The van der Waals surface area contributed by atoms with Gasteiger partial charge in [-0.3, -0.25) is 0 Å². The molecule has 112 valence electrons. The van der Waals surface area contributed by atoms with Crippen molar-refractivity contribution in [1.29, 1.82) is 0 Å². The molecule has 1 aromatic heterocycles. The molecule has 1 heterocycles. The minimum atomic E-state index is 0.328. The number of nitrogens with one attached hydrogen (secondary N) is 1. The van der Waals surface area contributed by atoms with Gasteiger partial charge in [0.2, 0.25) is 0 Å². The normalized spacial score (nSPS) is 10.7. The molecule has 1 aromatic carbocycles. The fourth-order valence-corrected chi connectivity index (χ4v) is 1.99. The van der Waals surface area contributed by atoms with Crippen LogP contribution in [0, 0.1) is 13.8 Å². The summed E-state index contributed by atoms with van der Waals surface area (Å²) in [6, 6.07) is 10.0. The maximum atomic E-state index is 5.71. The monoisotopic (exact) mass is 285 g/mol. The van der Waals surface area contributed by atoms with E-state index >= 15 is 0 Å². The zero-order valence-corrected chi connectivity index (χ0v) is 13.2. The van der Waals surface area contributed by atoms with Crippen molar-refractivity contribution in [2.75, 3.05) is 18.5 Å². The van der Waals surface area contributed by atoms with Crippen LogP contribution in [0.5, 0.6) is 5.75 Å². The molecular weight excluding hydrogens is 262 g/mol. The van der Waals surface area contributed by atoms with Crippen molar-refractivity contribution in [3.8, 4) is 5.75 Å². The van der Waals surface area contributed by atoms with E-state index in [1.807, 2.05) is 31.2 Å². The van der Waals surface area contributed by atoms with Crippen molar-refractivity contribution in [3.05, 3.63) is 47.4 Å². The van der Waals surface area contributed by atoms with Crippen molar-refractivity contribution >= 4 is 5.82 Å². The summed E-state index contributed by atoms with van der Waals surface area (Å²) in [4.78, 5) is 8.95. The highest BCUT2D eigenvalue weighted by Crippen LogP contribution is 2.14. The summed E-state index contributed by atoms with van der Waals surface area (Å²) < 4.78 is 5.71. The number of hydrogen-bond donors (Lipinski definition) is 1. The Kier molecular flexibility index (Phi) is 5.14. The van der Waals surface area contributed by atoms with Crippen molar-refractivity contribution in [1.82, 2.24) is 9.97 Å². The Morgan fingerprint density at radius 2 is 1.95 bits per heavy atom. The van der Waals surface area contributed by atoms with Gasteiger partial charge in [-0.05, 0) is 31.5 Å². The van der Waals surface area contributed by atoms with Crippen molar-refractivity contribution < 1.29 is 4.74 Å². The van der Waals surface area contributed by atoms with E-state index < -0.39 is 0 Å². The van der Waals surface area contributed by atoms with Crippen LogP contribution in [-0.2, 0) is 0 Å². The summed E-state index contributed by atoms with van der Waals surface area (Å²) >= 11 is 0. The predicted octanol–water partition coefficient (Wildman–Crippen LogP) is 3.71. The Morgan fingerprint density at radius 1 is 1.14 bits per heavy atom. The number of benzene rings is 1. The summed E-state index contributed by atoms with van der Waals surface area (Å²) in [6.45, 7) is 9.55. The molecule has 0 amide bonds. The lowest BCUT2D eigenvalue weighted by Gasteiger charge is -2.11. The van der Waals surface area contributed by atoms with E-state index in [0.29, 0.717) is 19.1 Å². The molecule has 0 unspecified atom stereocenters. The Labute approximate surface area is 126 Å². The van der Waals surface area contributed by atoms with Gasteiger partial charge in [0.05, 0.1) is 6.54 Å². The van der Waals surface area contributed by atoms with Crippen LogP contribution in [0.1, 0.15) is 36.8 Å². The van der Waals surface area contributed by atoms with Gasteiger partial charge in [-0.2, -0.15) is 0 Å². The molecule has 0 radical (unpaired) electrons. The number of hydrogen-bond acceptors (Lipinski definition) is 4. The Bertz CT molecular complexity index is 596. The van der Waals surface area contributed by atoms with Gasteiger partial charge >= 0.3 is 0 Å². The van der Waals surface area contributed by atoms with E-state index in [1.54, 1.807) is 0 Å². The lowest BCUT2D eigenvalue weighted by molar-refractivity contribution is 0.332. The zero-order chi connectivity index (χ0) is 15.2. The van der Waals surface area contributed by atoms with Crippen molar-refractivity contribution in [2.24, 2.45) is 0 Å². The van der Waals surface area contributed by atoms with E-state index in [9.17, 15) is 0 Å². The second-order valence-electron chi connectivity index (χ2n) is 5.50. The Balaban J connectivity index is 1.86. The fourth-order valence-electron chi connectivity index (χ4n) is 1.99. The number of rotatable bonds is 6. The zero-order valence-electron chi connectivity index (χ0n) is 13.2. The van der Waals surface area contributed by atoms with Crippen molar-refractivity contribution in [3.63, 3.8) is 0 Å². The maximum absolute atomic E-state index is 5.71. The first-order chi connectivity index (χ1) is 10.0. The smallest absolute Gasteiger partial charge is 0.133 e. The quantitative estimate of drug-likeness (QED) is 0.822. The number of ether oxygens (including phenoxy) is 1. The van der Waals surface area contributed by atoms with Gasteiger partial charge < -0.3 is 10.1 Å². The molecule has 0 aliphatic rings. The molecule has 0 saturated carbocycles. The molecule has 2 rings (SSSR count). The van der Waals surface area contributed by atoms with Gasteiger partial charge in [0.25, 0.3) is 0 Å². The number of aryl methyl sites for hydroxylation is 2. The summed E-state index contributed by atoms with van der Waals surface area (Å²) in [7, 11) is 0. The highest BCUT2D eigenvalue weighted by molar-refractivity contribution is 5.36. The van der Waals surface area contributed by atoms with Crippen molar-refractivity contribution in [2.45, 2.75) is 33.6 Å². The second kappa shape index (κ2) is 7.07.